The van der Waals surface area contributed by atoms with Crippen LogP contribution in [0.4, 0.5) is 0 Å². The van der Waals surface area contributed by atoms with E-state index in [1.165, 1.54) is 5.56 Å². The van der Waals surface area contributed by atoms with E-state index < -0.39 is 0 Å². The first-order valence-corrected chi connectivity index (χ1v) is 7.22. The van der Waals surface area contributed by atoms with Gasteiger partial charge in [-0.3, -0.25) is 4.98 Å². The van der Waals surface area contributed by atoms with Crippen LogP contribution in [0.5, 0.6) is 0 Å². The van der Waals surface area contributed by atoms with E-state index >= 15 is 0 Å². The molecule has 1 heterocycles. The standard InChI is InChI=1S/C15H25ClN2/c1-5-15(6-2,11-18-12(3)4)9-13-7-8-17-10-14(13)16/h7-8,10,12,18H,5-6,9,11H2,1-4H3. The van der Waals surface area contributed by atoms with E-state index in [4.69, 9.17) is 11.6 Å². The molecule has 1 rings (SSSR count). The van der Waals surface area contributed by atoms with Gasteiger partial charge in [0.1, 0.15) is 0 Å². The van der Waals surface area contributed by atoms with Gasteiger partial charge < -0.3 is 5.32 Å². The van der Waals surface area contributed by atoms with Crippen molar-refractivity contribution in [3.63, 3.8) is 0 Å². The Morgan fingerprint density at radius 3 is 2.50 bits per heavy atom. The fourth-order valence-electron chi connectivity index (χ4n) is 2.18. The van der Waals surface area contributed by atoms with Crippen LogP contribution >= 0.6 is 11.6 Å². The maximum absolute atomic E-state index is 6.22. The van der Waals surface area contributed by atoms with Crippen molar-refractivity contribution in [2.75, 3.05) is 6.54 Å². The Bertz CT molecular complexity index is 359. The Labute approximate surface area is 116 Å². The molecule has 0 amide bonds. The summed E-state index contributed by atoms with van der Waals surface area (Å²) in [5.74, 6) is 0. The number of hydrogen-bond donors (Lipinski definition) is 1. The minimum atomic E-state index is 0.287. The molecule has 0 saturated heterocycles. The van der Waals surface area contributed by atoms with Gasteiger partial charge in [0.05, 0.1) is 5.02 Å². The van der Waals surface area contributed by atoms with E-state index in [1.54, 1.807) is 6.20 Å². The normalized spacial score (nSPS) is 12.1. The zero-order valence-corrected chi connectivity index (χ0v) is 12.7. The van der Waals surface area contributed by atoms with Crippen molar-refractivity contribution in [3.8, 4) is 0 Å². The first-order chi connectivity index (χ1) is 8.53. The maximum atomic E-state index is 6.22. The molecule has 3 heteroatoms. The summed E-state index contributed by atoms with van der Waals surface area (Å²) in [6, 6.07) is 2.56. The summed E-state index contributed by atoms with van der Waals surface area (Å²) >= 11 is 6.22. The third-order valence-electron chi connectivity index (χ3n) is 3.81. The Morgan fingerprint density at radius 2 is 2.00 bits per heavy atom. The highest BCUT2D eigenvalue weighted by Gasteiger charge is 2.27. The van der Waals surface area contributed by atoms with Gasteiger partial charge in [-0.05, 0) is 36.3 Å². The minimum Gasteiger partial charge on any atom is -0.314 e. The maximum Gasteiger partial charge on any atom is 0.0621 e. The Balaban J connectivity index is 2.82. The number of pyridine rings is 1. The molecule has 0 aromatic carbocycles. The van der Waals surface area contributed by atoms with Crippen LogP contribution in [0.25, 0.3) is 0 Å². The molecule has 2 nitrogen and oxygen atoms in total. The monoisotopic (exact) mass is 268 g/mol. The van der Waals surface area contributed by atoms with Crippen LogP contribution in [0.1, 0.15) is 46.1 Å². The van der Waals surface area contributed by atoms with Crippen LogP contribution in [-0.4, -0.2) is 17.6 Å². The highest BCUT2D eigenvalue weighted by molar-refractivity contribution is 6.31. The Kier molecular flexibility index (Phi) is 6.10. The molecule has 18 heavy (non-hydrogen) atoms. The zero-order chi connectivity index (χ0) is 13.6. The summed E-state index contributed by atoms with van der Waals surface area (Å²) in [6.07, 6.45) is 6.89. The summed E-state index contributed by atoms with van der Waals surface area (Å²) < 4.78 is 0. The second-order valence-electron chi connectivity index (χ2n) is 5.39. The first-order valence-electron chi connectivity index (χ1n) is 6.84. The molecule has 0 aliphatic heterocycles. The number of nitrogens with zero attached hydrogens (tertiary/aromatic N) is 1. The molecule has 1 N–H and O–H groups in total. The van der Waals surface area contributed by atoms with Crippen molar-refractivity contribution < 1.29 is 0 Å². The number of aromatic nitrogens is 1. The molecule has 0 atom stereocenters. The van der Waals surface area contributed by atoms with E-state index in [9.17, 15) is 0 Å². The van der Waals surface area contributed by atoms with E-state index in [-0.39, 0.29) is 5.41 Å². The molecule has 1 aromatic rings. The smallest absolute Gasteiger partial charge is 0.0621 e. The van der Waals surface area contributed by atoms with Crippen LogP contribution in [-0.2, 0) is 6.42 Å². The number of nitrogens with one attached hydrogen (secondary N) is 1. The second kappa shape index (κ2) is 7.10. The third-order valence-corrected chi connectivity index (χ3v) is 4.15. The fraction of sp³-hybridized carbons (Fsp3) is 0.667. The number of halogens is 1. The molecule has 0 radical (unpaired) electrons. The lowest BCUT2D eigenvalue weighted by atomic mass is 9.77. The second-order valence-corrected chi connectivity index (χ2v) is 5.79. The predicted octanol–water partition coefficient (Wildman–Crippen LogP) is 4.08. The molecular weight excluding hydrogens is 244 g/mol. The van der Waals surface area contributed by atoms with Crippen LogP contribution in [0.15, 0.2) is 18.5 Å². The lowest BCUT2D eigenvalue weighted by molar-refractivity contribution is 0.239. The molecule has 0 fully saturated rings. The van der Waals surface area contributed by atoms with E-state index in [0.29, 0.717) is 6.04 Å². The summed E-state index contributed by atoms with van der Waals surface area (Å²) in [5, 5.41) is 4.35. The highest BCUT2D eigenvalue weighted by atomic mass is 35.5. The van der Waals surface area contributed by atoms with Crippen molar-refractivity contribution in [1.82, 2.24) is 10.3 Å². The Hall–Kier alpha value is -0.600. The third kappa shape index (κ3) is 4.25. The molecular formula is C15H25ClN2. The summed E-state index contributed by atoms with van der Waals surface area (Å²) in [6.45, 7) is 9.95. The predicted molar refractivity (Wildman–Crippen MR) is 79.1 cm³/mol. The molecule has 1 aromatic heterocycles. The molecule has 0 unspecified atom stereocenters. The minimum absolute atomic E-state index is 0.287. The van der Waals surface area contributed by atoms with Gasteiger partial charge in [0.25, 0.3) is 0 Å². The van der Waals surface area contributed by atoms with Gasteiger partial charge in [0.15, 0.2) is 0 Å². The quantitative estimate of drug-likeness (QED) is 0.806. The summed E-state index contributed by atoms with van der Waals surface area (Å²) in [5.41, 5.74) is 1.50. The van der Waals surface area contributed by atoms with Gasteiger partial charge in [-0.1, -0.05) is 39.3 Å². The van der Waals surface area contributed by atoms with E-state index in [0.717, 1.165) is 30.8 Å². The van der Waals surface area contributed by atoms with E-state index in [1.807, 2.05) is 12.3 Å². The van der Waals surface area contributed by atoms with Crippen LogP contribution < -0.4 is 5.32 Å². The average Bonchev–Trinajstić information content (AvgIpc) is 2.37. The van der Waals surface area contributed by atoms with Crippen molar-refractivity contribution in [1.29, 1.82) is 0 Å². The number of hydrogen-bond acceptors (Lipinski definition) is 2. The summed E-state index contributed by atoms with van der Waals surface area (Å²) in [4.78, 5) is 4.05. The van der Waals surface area contributed by atoms with Crippen molar-refractivity contribution in [2.24, 2.45) is 5.41 Å². The fourth-order valence-corrected chi connectivity index (χ4v) is 2.37. The largest absolute Gasteiger partial charge is 0.314 e. The molecule has 0 bridgehead atoms. The molecule has 0 saturated carbocycles. The molecule has 102 valence electrons. The van der Waals surface area contributed by atoms with Gasteiger partial charge in [-0.25, -0.2) is 0 Å². The molecule has 0 aliphatic rings. The molecule has 0 aliphatic carbocycles. The zero-order valence-electron chi connectivity index (χ0n) is 12.0. The lowest BCUT2D eigenvalue weighted by Gasteiger charge is -2.33. The van der Waals surface area contributed by atoms with Gasteiger partial charge in [-0.15, -0.1) is 0 Å². The summed E-state index contributed by atoms with van der Waals surface area (Å²) in [7, 11) is 0. The van der Waals surface area contributed by atoms with Gasteiger partial charge in [-0.2, -0.15) is 0 Å². The van der Waals surface area contributed by atoms with Crippen molar-refractivity contribution >= 4 is 11.6 Å². The molecule has 0 spiro atoms. The van der Waals surface area contributed by atoms with Crippen LogP contribution in [0.3, 0.4) is 0 Å². The topological polar surface area (TPSA) is 24.9 Å². The van der Waals surface area contributed by atoms with E-state index in [2.05, 4.69) is 38.0 Å². The highest BCUT2D eigenvalue weighted by Crippen LogP contribution is 2.32. The lowest BCUT2D eigenvalue weighted by Crippen LogP contribution is -2.38. The Morgan fingerprint density at radius 1 is 1.33 bits per heavy atom. The van der Waals surface area contributed by atoms with Crippen molar-refractivity contribution in [2.45, 2.75) is 53.0 Å². The van der Waals surface area contributed by atoms with Gasteiger partial charge in [0, 0.05) is 25.0 Å². The van der Waals surface area contributed by atoms with Crippen molar-refractivity contribution in [3.05, 3.63) is 29.0 Å². The number of rotatable bonds is 7. The SMILES string of the molecule is CCC(CC)(CNC(C)C)Cc1ccncc1Cl. The first kappa shape index (κ1) is 15.5. The van der Waals surface area contributed by atoms with Gasteiger partial charge >= 0.3 is 0 Å². The van der Waals surface area contributed by atoms with Crippen LogP contribution in [0, 0.1) is 5.41 Å². The van der Waals surface area contributed by atoms with Crippen LogP contribution in [0.2, 0.25) is 5.02 Å². The average molecular weight is 269 g/mol. The van der Waals surface area contributed by atoms with Gasteiger partial charge in [0.2, 0.25) is 0 Å².